The first-order valence-electron chi connectivity index (χ1n) is 8.80. The van der Waals surface area contributed by atoms with Crippen LogP contribution in [-0.4, -0.2) is 16.8 Å². The van der Waals surface area contributed by atoms with Gasteiger partial charge in [-0.2, -0.15) is 0 Å². The maximum atomic E-state index is 13.7. The highest BCUT2D eigenvalue weighted by Crippen LogP contribution is 2.15. The molecule has 0 aliphatic carbocycles. The number of hydrogen-bond donors (Lipinski definition) is 2. The molecule has 0 unspecified atom stereocenters. The van der Waals surface area contributed by atoms with E-state index in [2.05, 4.69) is 15.6 Å². The van der Waals surface area contributed by atoms with Crippen molar-refractivity contribution in [3.63, 3.8) is 0 Å². The van der Waals surface area contributed by atoms with Gasteiger partial charge in [-0.25, -0.2) is 4.39 Å². The van der Waals surface area contributed by atoms with E-state index in [1.54, 1.807) is 18.2 Å². The van der Waals surface area contributed by atoms with E-state index in [9.17, 15) is 14.0 Å². The van der Waals surface area contributed by atoms with E-state index in [1.165, 1.54) is 24.4 Å². The van der Waals surface area contributed by atoms with Gasteiger partial charge in [0.1, 0.15) is 11.5 Å². The molecule has 5 nitrogen and oxygen atoms in total. The molecule has 3 aromatic rings. The minimum Gasteiger partial charge on any atom is -0.347 e. The third-order valence-electron chi connectivity index (χ3n) is 4.42. The quantitative estimate of drug-likeness (QED) is 0.705. The zero-order valence-electron chi connectivity index (χ0n) is 15.6. The maximum absolute atomic E-state index is 13.7. The fourth-order valence-electron chi connectivity index (χ4n) is 2.63. The van der Waals surface area contributed by atoms with Crippen molar-refractivity contribution >= 4 is 17.5 Å². The predicted octanol–water partition coefficient (Wildman–Crippen LogP) is 4.02. The van der Waals surface area contributed by atoms with Crippen molar-refractivity contribution in [3.8, 4) is 0 Å². The molecule has 3 rings (SSSR count). The van der Waals surface area contributed by atoms with Crippen molar-refractivity contribution in [2.75, 3.05) is 5.32 Å². The van der Waals surface area contributed by atoms with E-state index < -0.39 is 11.7 Å². The molecule has 0 saturated heterocycles. The summed E-state index contributed by atoms with van der Waals surface area (Å²) in [6.45, 7) is 4.00. The topological polar surface area (TPSA) is 71.1 Å². The summed E-state index contributed by atoms with van der Waals surface area (Å²) in [5.74, 6) is -1.21. The summed E-state index contributed by atoms with van der Waals surface area (Å²) in [4.78, 5) is 28.8. The minimum absolute atomic E-state index is 0.0340. The average Bonchev–Trinajstić information content (AvgIpc) is 2.70. The van der Waals surface area contributed by atoms with Gasteiger partial charge in [0.2, 0.25) is 0 Å². The summed E-state index contributed by atoms with van der Waals surface area (Å²) in [6, 6.07) is 14.8. The molecule has 2 aromatic carbocycles. The van der Waals surface area contributed by atoms with E-state index in [0.717, 1.165) is 11.1 Å². The normalized spacial score (nSPS) is 10.4. The number of nitrogens with one attached hydrogen (secondary N) is 2. The van der Waals surface area contributed by atoms with Gasteiger partial charge in [-0.3, -0.25) is 14.6 Å². The summed E-state index contributed by atoms with van der Waals surface area (Å²) in [6.07, 6.45) is 1.40. The van der Waals surface area contributed by atoms with Crippen molar-refractivity contribution in [1.29, 1.82) is 0 Å². The molecule has 0 bridgehead atoms. The van der Waals surface area contributed by atoms with Crippen LogP contribution in [0.15, 0.2) is 60.8 Å². The lowest BCUT2D eigenvalue weighted by molar-refractivity contribution is 0.0945. The number of carbonyl (C=O) groups excluding carboxylic acids is 2. The molecule has 2 N–H and O–H groups in total. The molecule has 0 fully saturated rings. The Hall–Kier alpha value is -3.54. The number of halogens is 1. The second-order valence-electron chi connectivity index (χ2n) is 6.46. The van der Waals surface area contributed by atoms with E-state index >= 15 is 0 Å². The third kappa shape index (κ3) is 4.59. The summed E-state index contributed by atoms with van der Waals surface area (Å²) < 4.78 is 13.7. The lowest BCUT2D eigenvalue weighted by Gasteiger charge is -2.09. The Morgan fingerprint density at radius 1 is 0.964 bits per heavy atom. The first-order valence-corrected chi connectivity index (χ1v) is 8.80. The van der Waals surface area contributed by atoms with E-state index in [1.807, 2.05) is 32.0 Å². The molecular weight excluding hydrogens is 357 g/mol. The first kappa shape index (κ1) is 19.2. The van der Waals surface area contributed by atoms with Crippen LogP contribution in [0.1, 0.15) is 37.5 Å². The van der Waals surface area contributed by atoms with Gasteiger partial charge in [-0.1, -0.05) is 24.3 Å². The highest BCUT2D eigenvalue weighted by atomic mass is 19.1. The Kier molecular flexibility index (Phi) is 5.79. The van der Waals surface area contributed by atoms with Crippen molar-refractivity contribution in [2.45, 2.75) is 20.4 Å². The SMILES string of the molecule is Cc1ccc(NC(=O)c2ccnc(C(=O)NCc3ccccc3F)c2)cc1C. The molecule has 142 valence electrons. The van der Waals surface area contributed by atoms with Crippen LogP contribution >= 0.6 is 0 Å². The number of aryl methyl sites for hydroxylation is 2. The van der Waals surface area contributed by atoms with Crippen molar-refractivity contribution in [3.05, 3.63) is 94.6 Å². The Morgan fingerprint density at radius 2 is 1.75 bits per heavy atom. The third-order valence-corrected chi connectivity index (χ3v) is 4.42. The van der Waals surface area contributed by atoms with Crippen LogP contribution in [0, 0.1) is 19.7 Å². The van der Waals surface area contributed by atoms with Gasteiger partial charge in [0, 0.05) is 29.6 Å². The summed E-state index contributed by atoms with van der Waals surface area (Å²) in [5.41, 5.74) is 3.65. The van der Waals surface area contributed by atoms with Gasteiger partial charge in [0.05, 0.1) is 0 Å². The molecule has 0 atom stereocenters. The number of hydrogen-bond acceptors (Lipinski definition) is 3. The van der Waals surface area contributed by atoms with Crippen molar-refractivity contribution < 1.29 is 14.0 Å². The number of anilines is 1. The van der Waals surface area contributed by atoms with Gasteiger partial charge < -0.3 is 10.6 Å². The number of aromatic nitrogens is 1. The Balaban J connectivity index is 1.68. The summed E-state index contributed by atoms with van der Waals surface area (Å²) >= 11 is 0. The van der Waals surface area contributed by atoms with Crippen molar-refractivity contribution in [1.82, 2.24) is 10.3 Å². The van der Waals surface area contributed by atoms with E-state index in [-0.39, 0.29) is 18.1 Å². The van der Waals surface area contributed by atoms with E-state index in [0.29, 0.717) is 16.8 Å². The molecule has 1 heterocycles. The number of carbonyl (C=O) groups is 2. The summed E-state index contributed by atoms with van der Waals surface area (Å²) in [5, 5.41) is 5.42. The molecule has 6 heteroatoms. The second-order valence-corrected chi connectivity index (χ2v) is 6.46. The lowest BCUT2D eigenvalue weighted by atomic mass is 10.1. The fourth-order valence-corrected chi connectivity index (χ4v) is 2.63. The van der Waals surface area contributed by atoms with Crippen LogP contribution in [0.4, 0.5) is 10.1 Å². The van der Waals surface area contributed by atoms with Gasteiger partial charge in [0.25, 0.3) is 11.8 Å². The second kappa shape index (κ2) is 8.43. The van der Waals surface area contributed by atoms with Crippen LogP contribution in [-0.2, 0) is 6.54 Å². The molecule has 0 aliphatic rings. The number of rotatable bonds is 5. The molecule has 2 amide bonds. The van der Waals surface area contributed by atoms with Gasteiger partial charge in [-0.05, 0) is 55.3 Å². The van der Waals surface area contributed by atoms with Gasteiger partial charge in [-0.15, -0.1) is 0 Å². The first-order chi connectivity index (χ1) is 13.4. The largest absolute Gasteiger partial charge is 0.347 e. The van der Waals surface area contributed by atoms with Crippen molar-refractivity contribution in [2.24, 2.45) is 0 Å². The average molecular weight is 377 g/mol. The number of benzene rings is 2. The maximum Gasteiger partial charge on any atom is 0.270 e. The van der Waals surface area contributed by atoms with E-state index in [4.69, 9.17) is 0 Å². The Labute approximate surface area is 162 Å². The zero-order chi connectivity index (χ0) is 20.1. The standard InChI is InChI=1S/C22H20FN3O2/c1-14-7-8-18(11-15(14)2)26-21(27)16-9-10-24-20(12-16)22(28)25-13-17-5-3-4-6-19(17)23/h3-12H,13H2,1-2H3,(H,25,28)(H,26,27). The molecule has 1 aromatic heterocycles. The number of pyridine rings is 1. The monoisotopic (exact) mass is 377 g/mol. The Bertz CT molecular complexity index is 1030. The highest BCUT2D eigenvalue weighted by Gasteiger charge is 2.13. The molecule has 28 heavy (non-hydrogen) atoms. The van der Waals surface area contributed by atoms with Crippen LogP contribution in [0.25, 0.3) is 0 Å². The van der Waals surface area contributed by atoms with Gasteiger partial charge in [0.15, 0.2) is 0 Å². The minimum atomic E-state index is -0.482. The van der Waals surface area contributed by atoms with Crippen LogP contribution in [0.3, 0.4) is 0 Å². The Morgan fingerprint density at radius 3 is 2.50 bits per heavy atom. The lowest BCUT2D eigenvalue weighted by Crippen LogP contribution is -2.25. The molecule has 0 aliphatic heterocycles. The summed E-state index contributed by atoms with van der Waals surface area (Å²) in [7, 11) is 0. The van der Waals surface area contributed by atoms with Crippen LogP contribution in [0.2, 0.25) is 0 Å². The van der Waals surface area contributed by atoms with Crippen LogP contribution < -0.4 is 10.6 Å². The molecule has 0 spiro atoms. The number of nitrogens with zero attached hydrogens (tertiary/aromatic N) is 1. The zero-order valence-corrected chi connectivity index (χ0v) is 15.6. The molecule has 0 saturated carbocycles. The molecular formula is C22H20FN3O2. The highest BCUT2D eigenvalue weighted by molar-refractivity contribution is 6.05. The molecule has 0 radical (unpaired) electrons. The smallest absolute Gasteiger partial charge is 0.270 e. The van der Waals surface area contributed by atoms with Gasteiger partial charge >= 0.3 is 0 Å². The van der Waals surface area contributed by atoms with Crippen LogP contribution in [0.5, 0.6) is 0 Å². The number of amides is 2. The predicted molar refractivity (Wildman–Crippen MR) is 106 cm³/mol. The fraction of sp³-hybridized carbons (Fsp3) is 0.136.